The Morgan fingerprint density at radius 1 is 1.50 bits per heavy atom. The van der Waals surface area contributed by atoms with Gasteiger partial charge < -0.3 is 9.64 Å². The van der Waals surface area contributed by atoms with Crippen molar-refractivity contribution in [1.29, 1.82) is 0 Å². The number of amides is 1. The van der Waals surface area contributed by atoms with Gasteiger partial charge in [-0.25, -0.2) is 0 Å². The molecule has 1 heterocycles. The van der Waals surface area contributed by atoms with Crippen LogP contribution in [0.2, 0.25) is 0 Å². The molecular formula is C13H15Br2NO2. The van der Waals surface area contributed by atoms with Crippen molar-refractivity contribution in [2.45, 2.75) is 6.42 Å². The van der Waals surface area contributed by atoms with Gasteiger partial charge in [-0.3, -0.25) is 4.79 Å². The van der Waals surface area contributed by atoms with Gasteiger partial charge in [0.05, 0.1) is 12.2 Å². The standard InChI is InChI=1S/C13H15Br2NO2/c1-18-8-9-4-5-16(7-9)13(17)11-3-2-10(14)6-12(11)15/h2-3,6,9H,4-5,7-8H2,1H3. The summed E-state index contributed by atoms with van der Waals surface area (Å²) in [4.78, 5) is 14.3. The van der Waals surface area contributed by atoms with Crippen LogP contribution in [0.15, 0.2) is 27.1 Å². The van der Waals surface area contributed by atoms with E-state index in [1.165, 1.54) is 0 Å². The van der Waals surface area contributed by atoms with Crippen LogP contribution in [0.5, 0.6) is 0 Å². The summed E-state index contributed by atoms with van der Waals surface area (Å²) in [7, 11) is 1.70. The molecule has 1 aliphatic rings. The third-order valence-corrected chi connectivity index (χ3v) is 4.29. The van der Waals surface area contributed by atoms with Gasteiger partial charge in [-0.15, -0.1) is 0 Å². The molecule has 0 N–H and O–H groups in total. The Kier molecular flexibility index (Phi) is 4.81. The average Bonchev–Trinajstić information content (AvgIpc) is 2.77. The van der Waals surface area contributed by atoms with Crippen LogP contribution in [0, 0.1) is 5.92 Å². The summed E-state index contributed by atoms with van der Waals surface area (Å²) in [6.07, 6.45) is 1.02. The fourth-order valence-corrected chi connectivity index (χ4v) is 3.44. The molecule has 1 aromatic rings. The van der Waals surface area contributed by atoms with E-state index < -0.39 is 0 Å². The Labute approximate surface area is 124 Å². The summed E-state index contributed by atoms with van der Waals surface area (Å²) in [5, 5.41) is 0. The highest BCUT2D eigenvalue weighted by Gasteiger charge is 2.27. The second-order valence-corrected chi connectivity index (χ2v) is 6.26. The first-order chi connectivity index (χ1) is 8.61. The Hall–Kier alpha value is -0.390. The fraction of sp³-hybridized carbons (Fsp3) is 0.462. The lowest BCUT2D eigenvalue weighted by atomic mass is 10.1. The summed E-state index contributed by atoms with van der Waals surface area (Å²) in [5.41, 5.74) is 0.719. The van der Waals surface area contributed by atoms with Crippen LogP contribution in [-0.4, -0.2) is 37.6 Å². The minimum absolute atomic E-state index is 0.0907. The molecular weight excluding hydrogens is 362 g/mol. The van der Waals surface area contributed by atoms with Crippen LogP contribution in [-0.2, 0) is 4.74 Å². The molecule has 1 fully saturated rings. The number of benzene rings is 1. The van der Waals surface area contributed by atoms with Crippen molar-refractivity contribution < 1.29 is 9.53 Å². The largest absolute Gasteiger partial charge is 0.384 e. The first-order valence-electron chi connectivity index (χ1n) is 5.85. The normalized spacial score (nSPS) is 19.3. The third kappa shape index (κ3) is 3.13. The monoisotopic (exact) mass is 375 g/mol. The summed E-state index contributed by atoms with van der Waals surface area (Å²) < 4.78 is 6.94. The number of halogens is 2. The van der Waals surface area contributed by atoms with Crippen LogP contribution >= 0.6 is 31.9 Å². The van der Waals surface area contributed by atoms with Crippen LogP contribution in [0.25, 0.3) is 0 Å². The summed E-state index contributed by atoms with van der Waals surface area (Å²) in [6.45, 7) is 2.33. The van der Waals surface area contributed by atoms with Crippen molar-refractivity contribution in [2.24, 2.45) is 5.92 Å². The number of likely N-dealkylation sites (tertiary alicyclic amines) is 1. The maximum absolute atomic E-state index is 12.4. The molecule has 0 radical (unpaired) electrons. The SMILES string of the molecule is COCC1CCN(C(=O)c2ccc(Br)cc2Br)C1. The fourth-order valence-electron chi connectivity index (χ4n) is 2.22. The molecule has 5 heteroatoms. The van der Waals surface area contributed by atoms with Crippen molar-refractivity contribution in [3.05, 3.63) is 32.7 Å². The minimum atomic E-state index is 0.0907. The molecule has 0 aliphatic carbocycles. The lowest BCUT2D eigenvalue weighted by molar-refractivity contribution is 0.0774. The highest BCUT2D eigenvalue weighted by molar-refractivity contribution is 9.11. The van der Waals surface area contributed by atoms with E-state index in [0.29, 0.717) is 5.92 Å². The molecule has 1 unspecified atom stereocenters. The lowest BCUT2D eigenvalue weighted by Crippen LogP contribution is -2.29. The van der Waals surface area contributed by atoms with E-state index in [4.69, 9.17) is 4.74 Å². The molecule has 0 saturated carbocycles. The Morgan fingerprint density at radius 3 is 2.94 bits per heavy atom. The van der Waals surface area contributed by atoms with Crippen molar-refractivity contribution in [1.82, 2.24) is 4.90 Å². The third-order valence-electron chi connectivity index (χ3n) is 3.14. The quantitative estimate of drug-likeness (QED) is 0.809. The summed E-state index contributed by atoms with van der Waals surface area (Å²) in [5.74, 6) is 0.557. The number of carbonyl (C=O) groups excluding carboxylic acids is 1. The van der Waals surface area contributed by atoms with Crippen molar-refractivity contribution in [2.75, 3.05) is 26.8 Å². The summed E-state index contributed by atoms with van der Waals surface area (Å²) >= 11 is 6.83. The van der Waals surface area contributed by atoms with Gasteiger partial charge in [0.2, 0.25) is 0 Å². The van der Waals surface area contributed by atoms with E-state index >= 15 is 0 Å². The number of nitrogens with zero attached hydrogens (tertiary/aromatic N) is 1. The van der Waals surface area contributed by atoms with Gasteiger partial charge in [-0.2, -0.15) is 0 Å². The van der Waals surface area contributed by atoms with Gasteiger partial charge in [0, 0.05) is 35.1 Å². The van der Waals surface area contributed by atoms with E-state index in [2.05, 4.69) is 31.9 Å². The van der Waals surface area contributed by atoms with E-state index in [1.807, 2.05) is 23.1 Å². The number of hydrogen-bond donors (Lipinski definition) is 0. The highest BCUT2D eigenvalue weighted by atomic mass is 79.9. The highest BCUT2D eigenvalue weighted by Crippen LogP contribution is 2.25. The maximum Gasteiger partial charge on any atom is 0.255 e. The molecule has 18 heavy (non-hydrogen) atoms. The molecule has 1 amide bonds. The van der Waals surface area contributed by atoms with E-state index in [1.54, 1.807) is 7.11 Å². The second-order valence-electron chi connectivity index (χ2n) is 4.49. The summed E-state index contributed by atoms with van der Waals surface area (Å²) in [6, 6.07) is 5.64. The predicted octanol–water partition coefficient (Wildman–Crippen LogP) is 3.32. The minimum Gasteiger partial charge on any atom is -0.384 e. The molecule has 1 saturated heterocycles. The average molecular weight is 377 g/mol. The van der Waals surface area contributed by atoms with Gasteiger partial charge in [-0.05, 0) is 40.5 Å². The topological polar surface area (TPSA) is 29.5 Å². The Morgan fingerprint density at radius 2 is 2.28 bits per heavy atom. The predicted molar refractivity (Wildman–Crippen MR) is 77.7 cm³/mol. The van der Waals surface area contributed by atoms with Crippen LogP contribution < -0.4 is 0 Å². The van der Waals surface area contributed by atoms with Gasteiger partial charge in [0.25, 0.3) is 5.91 Å². The molecule has 1 aromatic carbocycles. The number of rotatable bonds is 3. The van der Waals surface area contributed by atoms with Crippen LogP contribution in [0.1, 0.15) is 16.8 Å². The number of methoxy groups -OCH3 is 1. The zero-order valence-corrected chi connectivity index (χ0v) is 13.3. The molecule has 0 spiro atoms. The van der Waals surface area contributed by atoms with Crippen molar-refractivity contribution in [3.63, 3.8) is 0 Å². The number of ether oxygens (including phenoxy) is 1. The zero-order valence-electron chi connectivity index (χ0n) is 10.2. The van der Waals surface area contributed by atoms with Gasteiger partial charge in [0.15, 0.2) is 0 Å². The zero-order chi connectivity index (χ0) is 13.1. The number of hydrogen-bond acceptors (Lipinski definition) is 2. The van der Waals surface area contributed by atoms with Crippen molar-refractivity contribution >= 4 is 37.8 Å². The smallest absolute Gasteiger partial charge is 0.255 e. The van der Waals surface area contributed by atoms with E-state index in [-0.39, 0.29) is 5.91 Å². The molecule has 2 rings (SSSR count). The van der Waals surface area contributed by atoms with Crippen LogP contribution in [0.4, 0.5) is 0 Å². The molecule has 1 aliphatic heterocycles. The van der Waals surface area contributed by atoms with Crippen molar-refractivity contribution in [3.8, 4) is 0 Å². The molecule has 1 atom stereocenters. The van der Waals surface area contributed by atoms with E-state index in [9.17, 15) is 4.79 Å². The first kappa shape index (κ1) is 14.0. The Bertz CT molecular complexity index is 451. The van der Waals surface area contributed by atoms with Crippen LogP contribution in [0.3, 0.4) is 0 Å². The lowest BCUT2D eigenvalue weighted by Gasteiger charge is -2.17. The maximum atomic E-state index is 12.4. The first-order valence-corrected chi connectivity index (χ1v) is 7.43. The van der Waals surface area contributed by atoms with E-state index in [0.717, 1.165) is 40.6 Å². The molecule has 3 nitrogen and oxygen atoms in total. The number of carbonyl (C=O) groups is 1. The van der Waals surface area contributed by atoms with Gasteiger partial charge >= 0.3 is 0 Å². The molecule has 0 aromatic heterocycles. The van der Waals surface area contributed by atoms with Gasteiger partial charge in [0.1, 0.15) is 0 Å². The molecule has 98 valence electrons. The second kappa shape index (κ2) is 6.17. The molecule has 0 bridgehead atoms. The Balaban J connectivity index is 2.08. The van der Waals surface area contributed by atoms with Gasteiger partial charge in [-0.1, -0.05) is 15.9 Å².